The smallest absolute Gasteiger partial charge is 0.257 e. The minimum absolute atomic E-state index is 0.139. The lowest BCUT2D eigenvalue weighted by Crippen LogP contribution is -2.13. The Labute approximate surface area is 129 Å². The molecule has 0 saturated heterocycles. The minimum Gasteiger partial charge on any atom is -0.420 e. The number of para-hydroxylation sites is 1. The molecule has 7 heteroatoms. The van der Waals surface area contributed by atoms with Gasteiger partial charge in [0.1, 0.15) is 5.82 Å². The van der Waals surface area contributed by atoms with Gasteiger partial charge in [0, 0.05) is 12.8 Å². The first-order valence-electron chi connectivity index (χ1n) is 6.63. The van der Waals surface area contributed by atoms with E-state index in [2.05, 4.69) is 15.5 Å². The normalized spacial score (nSPS) is 10.6. The highest BCUT2D eigenvalue weighted by atomic mass is 32.1. The molecule has 0 radical (unpaired) electrons. The molecule has 0 aliphatic carbocycles. The Kier molecular flexibility index (Phi) is 4.24. The zero-order valence-electron chi connectivity index (χ0n) is 11.5. The molecule has 0 aliphatic rings. The molecule has 0 fully saturated rings. The van der Waals surface area contributed by atoms with Crippen molar-refractivity contribution in [2.24, 2.45) is 0 Å². The topological polar surface area (TPSA) is 68.0 Å². The maximum Gasteiger partial charge on any atom is 0.257 e. The van der Waals surface area contributed by atoms with Gasteiger partial charge in [-0.15, -0.1) is 21.5 Å². The predicted octanol–water partition coefficient (Wildman–Crippen LogP) is 3.51. The second kappa shape index (κ2) is 6.48. The first kappa shape index (κ1) is 14.4. The molecule has 2 aromatic heterocycles. The van der Waals surface area contributed by atoms with Crippen molar-refractivity contribution in [3.05, 3.63) is 53.5 Å². The molecular weight excluding hydrogens is 305 g/mol. The number of hydrogen-bond donors (Lipinski definition) is 1. The number of nitrogens with one attached hydrogen (secondary N) is 1. The van der Waals surface area contributed by atoms with Crippen LogP contribution in [-0.2, 0) is 11.2 Å². The molecule has 0 saturated carbocycles. The monoisotopic (exact) mass is 317 g/mol. The summed E-state index contributed by atoms with van der Waals surface area (Å²) in [5.41, 5.74) is 0.164. The van der Waals surface area contributed by atoms with E-state index in [1.54, 1.807) is 12.1 Å². The molecule has 0 unspecified atom stereocenters. The summed E-state index contributed by atoms with van der Waals surface area (Å²) in [6, 6.07) is 9.80. The summed E-state index contributed by atoms with van der Waals surface area (Å²) in [6.45, 7) is 0. The van der Waals surface area contributed by atoms with Crippen LogP contribution in [0.4, 0.5) is 10.1 Å². The van der Waals surface area contributed by atoms with Crippen molar-refractivity contribution >= 4 is 22.9 Å². The van der Waals surface area contributed by atoms with Crippen LogP contribution >= 0.6 is 11.3 Å². The summed E-state index contributed by atoms with van der Waals surface area (Å²) in [7, 11) is 0. The predicted molar refractivity (Wildman–Crippen MR) is 81.0 cm³/mol. The average Bonchev–Trinajstić information content (AvgIpc) is 3.18. The van der Waals surface area contributed by atoms with Gasteiger partial charge in [-0.2, -0.15) is 0 Å². The molecule has 5 nitrogen and oxygen atoms in total. The number of anilines is 1. The van der Waals surface area contributed by atoms with Crippen LogP contribution in [0.25, 0.3) is 10.8 Å². The Morgan fingerprint density at radius 1 is 1.23 bits per heavy atom. The molecule has 0 spiro atoms. The van der Waals surface area contributed by atoms with E-state index < -0.39 is 5.82 Å². The number of benzene rings is 1. The molecule has 1 amide bonds. The van der Waals surface area contributed by atoms with E-state index in [-0.39, 0.29) is 18.0 Å². The molecule has 0 bridgehead atoms. The lowest BCUT2D eigenvalue weighted by molar-refractivity contribution is -0.116. The Morgan fingerprint density at radius 3 is 2.86 bits per heavy atom. The standard InChI is InChI=1S/C15H12FN3O2S/c16-10-4-1-2-5-11(10)17-13(20)7-8-14-18-19-15(21-14)12-6-3-9-22-12/h1-6,9H,7-8H2,(H,17,20). The molecule has 0 aliphatic heterocycles. The SMILES string of the molecule is O=C(CCc1nnc(-c2cccs2)o1)Nc1ccccc1F. The number of halogens is 1. The van der Waals surface area contributed by atoms with Gasteiger partial charge < -0.3 is 9.73 Å². The van der Waals surface area contributed by atoms with Crippen LogP contribution in [0.1, 0.15) is 12.3 Å². The number of rotatable bonds is 5. The third-order valence-electron chi connectivity index (χ3n) is 2.91. The molecule has 22 heavy (non-hydrogen) atoms. The second-order valence-electron chi connectivity index (χ2n) is 4.51. The van der Waals surface area contributed by atoms with Gasteiger partial charge in [0.15, 0.2) is 0 Å². The lowest BCUT2D eigenvalue weighted by atomic mass is 10.2. The van der Waals surface area contributed by atoms with Crippen LogP contribution in [0.3, 0.4) is 0 Å². The van der Waals surface area contributed by atoms with Crippen molar-refractivity contribution in [3.8, 4) is 10.8 Å². The fourth-order valence-corrected chi connectivity index (χ4v) is 2.49. The minimum atomic E-state index is -0.464. The Morgan fingerprint density at radius 2 is 2.09 bits per heavy atom. The summed E-state index contributed by atoms with van der Waals surface area (Å²) in [5.74, 6) is 0.0567. The maximum absolute atomic E-state index is 13.4. The van der Waals surface area contributed by atoms with Crippen LogP contribution < -0.4 is 5.32 Å². The summed E-state index contributed by atoms with van der Waals surface area (Å²) in [5, 5.41) is 12.3. The van der Waals surface area contributed by atoms with Gasteiger partial charge in [-0.05, 0) is 23.6 Å². The highest BCUT2D eigenvalue weighted by Gasteiger charge is 2.12. The van der Waals surface area contributed by atoms with Crippen molar-refractivity contribution in [1.82, 2.24) is 10.2 Å². The van der Waals surface area contributed by atoms with Crippen LogP contribution in [0.15, 0.2) is 46.2 Å². The van der Waals surface area contributed by atoms with Gasteiger partial charge >= 0.3 is 0 Å². The van der Waals surface area contributed by atoms with E-state index >= 15 is 0 Å². The number of carbonyl (C=O) groups is 1. The number of hydrogen-bond acceptors (Lipinski definition) is 5. The molecule has 112 valence electrons. The van der Waals surface area contributed by atoms with Crippen LogP contribution in [0.2, 0.25) is 0 Å². The highest BCUT2D eigenvalue weighted by molar-refractivity contribution is 7.13. The molecular formula is C15H12FN3O2S. The van der Waals surface area contributed by atoms with Gasteiger partial charge in [0.05, 0.1) is 10.6 Å². The summed E-state index contributed by atoms with van der Waals surface area (Å²) in [6.07, 6.45) is 0.444. The number of aryl methyl sites for hydroxylation is 1. The number of thiophene rings is 1. The van der Waals surface area contributed by atoms with Gasteiger partial charge in [0.2, 0.25) is 11.8 Å². The third-order valence-corrected chi connectivity index (χ3v) is 3.77. The molecule has 1 aromatic carbocycles. The number of amides is 1. The third kappa shape index (κ3) is 3.37. The Bertz CT molecular complexity index is 771. The largest absolute Gasteiger partial charge is 0.420 e. The lowest BCUT2D eigenvalue weighted by Gasteiger charge is -2.04. The van der Waals surface area contributed by atoms with Crippen LogP contribution in [0, 0.1) is 5.82 Å². The zero-order valence-corrected chi connectivity index (χ0v) is 12.3. The van der Waals surface area contributed by atoms with Gasteiger partial charge in [-0.25, -0.2) is 4.39 Å². The van der Waals surface area contributed by atoms with Crippen LogP contribution in [0.5, 0.6) is 0 Å². The quantitative estimate of drug-likeness (QED) is 0.782. The van der Waals surface area contributed by atoms with E-state index in [1.165, 1.54) is 23.5 Å². The Hall–Kier alpha value is -2.54. The van der Waals surface area contributed by atoms with Gasteiger partial charge in [0.25, 0.3) is 5.89 Å². The van der Waals surface area contributed by atoms with E-state index in [4.69, 9.17) is 4.42 Å². The molecule has 1 N–H and O–H groups in total. The van der Waals surface area contributed by atoms with Gasteiger partial charge in [-0.1, -0.05) is 18.2 Å². The first-order chi connectivity index (χ1) is 10.7. The van der Waals surface area contributed by atoms with Gasteiger partial charge in [-0.3, -0.25) is 4.79 Å². The van der Waals surface area contributed by atoms with Crippen molar-refractivity contribution in [3.63, 3.8) is 0 Å². The molecule has 3 rings (SSSR count). The summed E-state index contributed by atoms with van der Waals surface area (Å²) < 4.78 is 18.9. The summed E-state index contributed by atoms with van der Waals surface area (Å²) >= 11 is 1.50. The fourth-order valence-electron chi connectivity index (χ4n) is 1.85. The number of nitrogens with zero attached hydrogens (tertiary/aromatic N) is 2. The van der Waals surface area contributed by atoms with Crippen molar-refractivity contribution in [1.29, 1.82) is 0 Å². The van der Waals surface area contributed by atoms with E-state index in [0.29, 0.717) is 18.2 Å². The molecule has 0 atom stereocenters. The van der Waals surface area contributed by atoms with E-state index in [0.717, 1.165) is 4.88 Å². The summed E-state index contributed by atoms with van der Waals surface area (Å²) in [4.78, 5) is 12.7. The molecule has 3 aromatic rings. The Balaban J connectivity index is 1.56. The second-order valence-corrected chi connectivity index (χ2v) is 5.45. The van der Waals surface area contributed by atoms with Crippen molar-refractivity contribution < 1.29 is 13.6 Å². The average molecular weight is 317 g/mol. The molecule has 2 heterocycles. The number of carbonyl (C=O) groups excluding carboxylic acids is 1. The fraction of sp³-hybridized carbons (Fsp3) is 0.133. The highest BCUT2D eigenvalue weighted by Crippen LogP contribution is 2.23. The zero-order chi connectivity index (χ0) is 15.4. The van der Waals surface area contributed by atoms with Crippen molar-refractivity contribution in [2.45, 2.75) is 12.8 Å². The van der Waals surface area contributed by atoms with E-state index in [9.17, 15) is 9.18 Å². The maximum atomic E-state index is 13.4. The number of aromatic nitrogens is 2. The van der Waals surface area contributed by atoms with Crippen molar-refractivity contribution in [2.75, 3.05) is 5.32 Å². The van der Waals surface area contributed by atoms with Crippen LogP contribution in [-0.4, -0.2) is 16.1 Å². The van der Waals surface area contributed by atoms with E-state index in [1.807, 2.05) is 17.5 Å². The first-order valence-corrected chi connectivity index (χ1v) is 7.51.